The predicted molar refractivity (Wildman–Crippen MR) is 137 cm³/mol. The average molecular weight is 523 g/mol. The maximum Gasteiger partial charge on any atom is 0.324 e. The zero-order valence-corrected chi connectivity index (χ0v) is 21.4. The third-order valence-corrected chi connectivity index (χ3v) is 6.75. The number of carbonyl (C=O) groups is 2. The molecule has 2 aliphatic heterocycles. The molecule has 2 saturated heterocycles. The van der Waals surface area contributed by atoms with E-state index in [1.165, 1.54) is 6.33 Å². The Hall–Kier alpha value is -3.93. The van der Waals surface area contributed by atoms with Gasteiger partial charge in [0.1, 0.15) is 18.2 Å². The number of ether oxygens (including phenoxy) is 2. The first-order valence-corrected chi connectivity index (χ1v) is 12.8. The number of aromatic nitrogens is 4. The summed E-state index contributed by atoms with van der Waals surface area (Å²) in [4.78, 5) is 38.7. The van der Waals surface area contributed by atoms with Gasteiger partial charge in [-0.3, -0.25) is 14.9 Å². The molecule has 192 valence electrons. The van der Waals surface area contributed by atoms with Gasteiger partial charge in [-0.15, -0.1) is 0 Å². The second-order valence-corrected chi connectivity index (χ2v) is 10.0. The molecule has 0 spiro atoms. The lowest BCUT2D eigenvalue weighted by Crippen LogP contribution is -2.38. The van der Waals surface area contributed by atoms with E-state index >= 15 is 0 Å². The van der Waals surface area contributed by atoms with Crippen molar-refractivity contribution in [1.82, 2.24) is 25.4 Å². The number of anilines is 1. The van der Waals surface area contributed by atoms with Crippen molar-refractivity contribution in [2.24, 2.45) is 0 Å². The highest BCUT2D eigenvalue weighted by Crippen LogP contribution is 2.31. The van der Waals surface area contributed by atoms with Crippen LogP contribution < -0.4 is 19.7 Å². The molecule has 2 aromatic heterocycles. The lowest BCUT2D eigenvalue weighted by Gasteiger charge is -2.30. The molecular formula is C25H26N6O5S. The molecule has 0 saturated carbocycles. The van der Waals surface area contributed by atoms with Crippen LogP contribution in [0.25, 0.3) is 6.08 Å². The predicted octanol–water partition coefficient (Wildman–Crippen LogP) is 4.46. The topological polar surface area (TPSA) is 133 Å². The molecule has 1 N–H and O–H groups in total. The fraction of sp³-hybridized carbons (Fsp3) is 0.360. The van der Waals surface area contributed by atoms with Crippen LogP contribution in [0.1, 0.15) is 49.6 Å². The van der Waals surface area contributed by atoms with Gasteiger partial charge in [-0.2, -0.15) is 4.98 Å². The minimum atomic E-state index is -0.405. The van der Waals surface area contributed by atoms with E-state index in [2.05, 4.69) is 30.3 Å². The first kappa shape index (κ1) is 24.8. The number of amides is 2. The van der Waals surface area contributed by atoms with Crippen LogP contribution in [0.2, 0.25) is 0 Å². The average Bonchev–Trinajstić information content (AvgIpc) is 3.49. The smallest absolute Gasteiger partial charge is 0.324 e. The Bertz CT molecular complexity index is 1350. The van der Waals surface area contributed by atoms with Crippen LogP contribution in [0.5, 0.6) is 17.5 Å². The number of nitrogens with zero attached hydrogens (tertiary/aromatic N) is 5. The van der Waals surface area contributed by atoms with Gasteiger partial charge in [0.2, 0.25) is 11.8 Å². The molecule has 37 heavy (non-hydrogen) atoms. The van der Waals surface area contributed by atoms with Gasteiger partial charge in [-0.1, -0.05) is 31.1 Å². The molecule has 1 aromatic carbocycles. The van der Waals surface area contributed by atoms with Crippen LogP contribution in [0.4, 0.5) is 10.8 Å². The first-order valence-electron chi connectivity index (χ1n) is 12.0. The van der Waals surface area contributed by atoms with Crippen LogP contribution in [0.15, 0.2) is 40.0 Å². The quantitative estimate of drug-likeness (QED) is 0.441. The molecule has 5 rings (SSSR count). The molecule has 11 nitrogen and oxygen atoms in total. The summed E-state index contributed by atoms with van der Waals surface area (Å²) in [6, 6.07) is 7.73. The lowest BCUT2D eigenvalue weighted by molar-refractivity contribution is -0.115. The van der Waals surface area contributed by atoms with Gasteiger partial charge in [0.15, 0.2) is 5.82 Å². The third-order valence-electron chi connectivity index (χ3n) is 5.94. The van der Waals surface area contributed by atoms with Crippen molar-refractivity contribution >= 4 is 35.0 Å². The van der Waals surface area contributed by atoms with E-state index in [0.717, 1.165) is 43.3 Å². The molecule has 12 heteroatoms. The van der Waals surface area contributed by atoms with Gasteiger partial charge >= 0.3 is 6.01 Å². The minimum Gasteiger partial charge on any atom is -0.474 e. The van der Waals surface area contributed by atoms with Crippen LogP contribution in [0.3, 0.4) is 0 Å². The Morgan fingerprint density at radius 1 is 1.19 bits per heavy atom. The summed E-state index contributed by atoms with van der Waals surface area (Å²) in [6.45, 7) is 7.39. The second kappa shape index (κ2) is 10.6. The Kier molecular flexibility index (Phi) is 7.08. The van der Waals surface area contributed by atoms with E-state index in [9.17, 15) is 9.59 Å². The number of nitrogens with one attached hydrogen (secondary N) is 1. The molecule has 4 heterocycles. The summed E-state index contributed by atoms with van der Waals surface area (Å²) < 4.78 is 17.6. The van der Waals surface area contributed by atoms with E-state index in [-0.39, 0.29) is 17.3 Å². The number of hydrogen-bond acceptors (Lipinski definition) is 11. The van der Waals surface area contributed by atoms with Crippen LogP contribution >= 0.6 is 11.8 Å². The molecule has 2 amide bonds. The van der Waals surface area contributed by atoms with Gasteiger partial charge in [-0.25, -0.2) is 9.97 Å². The Morgan fingerprint density at radius 2 is 1.97 bits per heavy atom. The molecule has 3 aromatic rings. The lowest BCUT2D eigenvalue weighted by atomic mass is 10.1. The number of thioether (sulfide) groups is 1. The van der Waals surface area contributed by atoms with Gasteiger partial charge in [0.25, 0.3) is 11.1 Å². The van der Waals surface area contributed by atoms with Crippen molar-refractivity contribution in [1.29, 1.82) is 0 Å². The van der Waals surface area contributed by atoms with Gasteiger partial charge in [-0.05, 0) is 42.5 Å². The number of rotatable bonds is 7. The maximum atomic E-state index is 11.8. The standard InChI is InChI=1S/C25H26N6O5S/c1-14(2)20-28-24(36-30-20)31-9-7-17(8-10-31)34-22-15(3)23(27-13-26-22)35-18-6-4-5-16(11-18)12-19-21(32)29-25(33)37-19/h4-6,11-14,17H,7-10H2,1-3H3,(H,29,32,33). The molecule has 0 unspecified atom stereocenters. The van der Waals surface area contributed by atoms with Crippen molar-refractivity contribution in [2.75, 3.05) is 18.0 Å². The van der Waals surface area contributed by atoms with Crippen molar-refractivity contribution in [3.63, 3.8) is 0 Å². The third kappa shape index (κ3) is 5.74. The van der Waals surface area contributed by atoms with Crippen molar-refractivity contribution in [2.45, 2.75) is 45.6 Å². The number of imide groups is 1. The molecule has 2 aliphatic rings. The van der Waals surface area contributed by atoms with Crippen molar-refractivity contribution in [3.05, 3.63) is 52.4 Å². The summed E-state index contributed by atoms with van der Waals surface area (Å²) in [5, 5.41) is 5.91. The van der Waals surface area contributed by atoms with Crippen LogP contribution in [0, 0.1) is 6.92 Å². The summed E-state index contributed by atoms with van der Waals surface area (Å²) in [5.74, 6) is 1.90. The SMILES string of the molecule is Cc1c(Oc2cccc(C=C3SC(=O)NC3=O)c2)ncnc1OC1CCN(c2nc(C(C)C)no2)CC1. The van der Waals surface area contributed by atoms with Gasteiger partial charge in [0.05, 0.1) is 10.5 Å². The molecule has 0 aliphatic carbocycles. The normalized spacial score (nSPS) is 17.5. The van der Waals surface area contributed by atoms with E-state index in [4.69, 9.17) is 14.0 Å². The fourth-order valence-electron chi connectivity index (χ4n) is 3.90. The Morgan fingerprint density at radius 3 is 2.68 bits per heavy atom. The van der Waals surface area contributed by atoms with E-state index < -0.39 is 5.91 Å². The molecule has 0 bridgehead atoms. The van der Waals surface area contributed by atoms with Gasteiger partial charge in [0, 0.05) is 31.8 Å². The van der Waals surface area contributed by atoms with Crippen LogP contribution in [-0.2, 0) is 4.79 Å². The minimum absolute atomic E-state index is 0.0158. The molecule has 2 fully saturated rings. The zero-order chi connectivity index (χ0) is 25.9. The fourth-order valence-corrected chi connectivity index (χ4v) is 4.59. The maximum absolute atomic E-state index is 11.8. The number of benzene rings is 1. The first-order chi connectivity index (χ1) is 17.9. The van der Waals surface area contributed by atoms with Crippen LogP contribution in [-0.4, -0.2) is 50.4 Å². The second-order valence-electron chi connectivity index (χ2n) is 9.03. The number of hydrogen-bond donors (Lipinski definition) is 1. The molecular weight excluding hydrogens is 496 g/mol. The Balaban J connectivity index is 1.22. The Labute approximate surface area is 217 Å². The summed E-state index contributed by atoms with van der Waals surface area (Å²) in [7, 11) is 0. The van der Waals surface area contributed by atoms with Gasteiger partial charge < -0.3 is 18.9 Å². The largest absolute Gasteiger partial charge is 0.474 e. The number of carbonyl (C=O) groups excluding carboxylic acids is 2. The molecule has 0 radical (unpaired) electrons. The highest BCUT2D eigenvalue weighted by atomic mass is 32.2. The number of piperidine rings is 1. The zero-order valence-electron chi connectivity index (χ0n) is 20.6. The van der Waals surface area contributed by atoms with E-state index in [1.54, 1.807) is 24.3 Å². The molecule has 0 atom stereocenters. The highest BCUT2D eigenvalue weighted by Gasteiger charge is 2.26. The van der Waals surface area contributed by atoms with Crippen molar-refractivity contribution < 1.29 is 23.6 Å². The van der Waals surface area contributed by atoms with Crippen molar-refractivity contribution in [3.8, 4) is 17.5 Å². The summed E-state index contributed by atoms with van der Waals surface area (Å²) >= 11 is 0.869. The summed E-state index contributed by atoms with van der Waals surface area (Å²) in [6.07, 6.45) is 4.60. The van der Waals surface area contributed by atoms with E-state index in [1.807, 2.05) is 26.8 Å². The highest BCUT2D eigenvalue weighted by molar-refractivity contribution is 8.18. The summed E-state index contributed by atoms with van der Waals surface area (Å²) in [5.41, 5.74) is 1.41. The van der Waals surface area contributed by atoms with E-state index in [0.29, 0.717) is 39.8 Å². The monoisotopic (exact) mass is 522 g/mol.